The van der Waals surface area contributed by atoms with Gasteiger partial charge in [0.2, 0.25) is 0 Å². The van der Waals surface area contributed by atoms with Crippen LogP contribution >= 0.6 is 0 Å². The van der Waals surface area contributed by atoms with E-state index in [1.165, 1.54) is 0 Å². The van der Waals surface area contributed by atoms with E-state index < -0.39 is 18.8 Å². The van der Waals surface area contributed by atoms with Gasteiger partial charge in [-0.25, -0.2) is 10.3 Å². The molecule has 0 aliphatic rings. The van der Waals surface area contributed by atoms with E-state index >= 15 is 0 Å². The fourth-order valence-electron chi connectivity index (χ4n) is 2.02. The SMILES string of the molecule is O=C(NCc1ccc(COCC(F)(F)F)cc1)NOCc1ccccc1. The molecule has 2 aromatic rings. The molecule has 0 atom stereocenters. The molecule has 26 heavy (non-hydrogen) atoms. The van der Waals surface area contributed by atoms with Crippen LogP contribution in [0.15, 0.2) is 54.6 Å². The Morgan fingerprint density at radius 3 is 2.15 bits per heavy atom. The first kappa shape index (κ1) is 19.7. The number of hydroxylamine groups is 1. The van der Waals surface area contributed by atoms with Crippen molar-refractivity contribution in [3.63, 3.8) is 0 Å². The average Bonchev–Trinajstić information content (AvgIpc) is 2.61. The average molecular weight is 368 g/mol. The monoisotopic (exact) mass is 368 g/mol. The van der Waals surface area contributed by atoms with Crippen LogP contribution < -0.4 is 10.8 Å². The number of carbonyl (C=O) groups is 1. The number of halogens is 3. The van der Waals surface area contributed by atoms with Gasteiger partial charge in [-0.2, -0.15) is 13.2 Å². The molecule has 0 aliphatic carbocycles. The first-order valence-corrected chi connectivity index (χ1v) is 7.84. The molecule has 0 saturated heterocycles. The normalized spacial score (nSPS) is 11.2. The van der Waals surface area contributed by atoms with E-state index in [0.29, 0.717) is 5.56 Å². The number of benzene rings is 2. The Balaban J connectivity index is 1.64. The van der Waals surface area contributed by atoms with Crippen molar-refractivity contribution in [2.75, 3.05) is 6.61 Å². The summed E-state index contributed by atoms with van der Waals surface area (Å²) >= 11 is 0. The summed E-state index contributed by atoms with van der Waals surface area (Å²) in [6, 6.07) is 15.6. The summed E-state index contributed by atoms with van der Waals surface area (Å²) in [7, 11) is 0. The minimum Gasteiger partial charge on any atom is -0.367 e. The summed E-state index contributed by atoms with van der Waals surface area (Å²) in [5.41, 5.74) is 4.62. The van der Waals surface area contributed by atoms with E-state index in [-0.39, 0.29) is 19.8 Å². The Hall–Kier alpha value is -2.58. The molecule has 2 amide bonds. The molecule has 0 aliphatic heterocycles. The van der Waals surface area contributed by atoms with Crippen molar-refractivity contribution in [1.29, 1.82) is 0 Å². The minimum absolute atomic E-state index is 0.124. The molecule has 8 heteroatoms. The Kier molecular flexibility index (Phi) is 7.43. The van der Waals surface area contributed by atoms with Crippen molar-refractivity contribution in [2.45, 2.75) is 25.9 Å². The Bertz CT molecular complexity index is 676. The zero-order chi connectivity index (χ0) is 18.8. The highest BCUT2D eigenvalue weighted by molar-refractivity contribution is 5.72. The van der Waals surface area contributed by atoms with Crippen LogP contribution in [0.4, 0.5) is 18.0 Å². The van der Waals surface area contributed by atoms with E-state index in [4.69, 9.17) is 4.84 Å². The summed E-state index contributed by atoms with van der Waals surface area (Å²) in [5, 5.41) is 2.61. The van der Waals surface area contributed by atoms with Crippen molar-refractivity contribution in [3.05, 3.63) is 71.3 Å². The molecule has 2 aromatic carbocycles. The lowest BCUT2D eigenvalue weighted by atomic mass is 10.1. The number of amides is 2. The maximum absolute atomic E-state index is 12.0. The Morgan fingerprint density at radius 1 is 0.885 bits per heavy atom. The van der Waals surface area contributed by atoms with Crippen LogP contribution in [0.1, 0.15) is 16.7 Å². The zero-order valence-electron chi connectivity index (χ0n) is 13.9. The summed E-state index contributed by atoms with van der Waals surface area (Å²) in [6.45, 7) is -0.897. The van der Waals surface area contributed by atoms with E-state index in [1.54, 1.807) is 24.3 Å². The zero-order valence-corrected chi connectivity index (χ0v) is 13.9. The third-order valence-electron chi connectivity index (χ3n) is 3.26. The van der Waals surface area contributed by atoms with Crippen molar-refractivity contribution < 1.29 is 27.5 Å². The van der Waals surface area contributed by atoms with E-state index in [0.717, 1.165) is 11.1 Å². The molecule has 2 rings (SSSR count). The van der Waals surface area contributed by atoms with Crippen LogP contribution in [0.2, 0.25) is 0 Å². The molecule has 140 valence electrons. The molecule has 0 aromatic heterocycles. The largest absolute Gasteiger partial charge is 0.411 e. The van der Waals surface area contributed by atoms with Crippen molar-refractivity contribution in [1.82, 2.24) is 10.8 Å². The molecule has 0 fully saturated rings. The van der Waals surface area contributed by atoms with Gasteiger partial charge in [0.15, 0.2) is 0 Å². The van der Waals surface area contributed by atoms with Crippen molar-refractivity contribution in [2.24, 2.45) is 0 Å². The number of urea groups is 1. The smallest absolute Gasteiger partial charge is 0.367 e. The second-order valence-corrected chi connectivity index (χ2v) is 5.48. The lowest BCUT2D eigenvalue weighted by molar-refractivity contribution is -0.176. The first-order valence-electron chi connectivity index (χ1n) is 7.84. The molecule has 0 bridgehead atoms. The van der Waals surface area contributed by atoms with Gasteiger partial charge in [-0.1, -0.05) is 54.6 Å². The molecule has 5 nitrogen and oxygen atoms in total. The molecule has 2 N–H and O–H groups in total. The second kappa shape index (κ2) is 9.79. The first-order chi connectivity index (χ1) is 12.4. The number of carbonyl (C=O) groups excluding carboxylic acids is 1. The third-order valence-corrected chi connectivity index (χ3v) is 3.26. The van der Waals surface area contributed by atoms with Gasteiger partial charge in [-0.3, -0.25) is 4.84 Å². The van der Waals surface area contributed by atoms with Gasteiger partial charge in [-0.15, -0.1) is 0 Å². The summed E-state index contributed by atoms with van der Waals surface area (Å²) in [5.74, 6) is 0. The maximum atomic E-state index is 12.0. The highest BCUT2D eigenvalue weighted by atomic mass is 19.4. The Morgan fingerprint density at radius 2 is 1.50 bits per heavy atom. The van der Waals surface area contributed by atoms with Crippen LogP contribution in [-0.2, 0) is 29.3 Å². The quantitative estimate of drug-likeness (QED) is 0.699. The van der Waals surface area contributed by atoms with Gasteiger partial charge in [0.05, 0.1) is 13.2 Å². The van der Waals surface area contributed by atoms with Gasteiger partial charge in [0.25, 0.3) is 0 Å². The van der Waals surface area contributed by atoms with Crippen molar-refractivity contribution >= 4 is 6.03 Å². The summed E-state index contributed by atoms with van der Waals surface area (Å²) < 4.78 is 40.6. The standard InChI is InChI=1S/C18H19F3N2O3/c19-18(20,21)13-25-11-16-8-6-14(7-9-16)10-22-17(24)23-26-12-15-4-2-1-3-5-15/h1-9H,10-13H2,(H2,22,23,24). The van der Waals surface area contributed by atoms with E-state index in [9.17, 15) is 18.0 Å². The van der Waals surface area contributed by atoms with Gasteiger partial charge < -0.3 is 10.1 Å². The second-order valence-electron chi connectivity index (χ2n) is 5.48. The number of hydrogen-bond acceptors (Lipinski definition) is 3. The van der Waals surface area contributed by atoms with Gasteiger partial charge in [0, 0.05) is 6.54 Å². The Labute approximate surface area is 149 Å². The minimum atomic E-state index is -4.33. The molecular weight excluding hydrogens is 349 g/mol. The van der Waals surface area contributed by atoms with Gasteiger partial charge >= 0.3 is 12.2 Å². The number of hydrogen-bond donors (Lipinski definition) is 2. The number of ether oxygens (including phenoxy) is 1. The predicted octanol–water partition coefficient (Wildman–Crippen LogP) is 3.70. The molecule has 0 radical (unpaired) electrons. The van der Waals surface area contributed by atoms with Gasteiger partial charge in [-0.05, 0) is 16.7 Å². The lowest BCUT2D eigenvalue weighted by Crippen LogP contribution is -2.34. The molecule has 0 spiro atoms. The van der Waals surface area contributed by atoms with E-state index in [1.807, 2.05) is 30.3 Å². The molecule has 0 saturated carbocycles. The highest BCUT2D eigenvalue weighted by Crippen LogP contribution is 2.15. The van der Waals surface area contributed by atoms with Crippen molar-refractivity contribution in [3.8, 4) is 0 Å². The van der Waals surface area contributed by atoms with E-state index in [2.05, 4.69) is 15.5 Å². The van der Waals surface area contributed by atoms with Crippen LogP contribution in [0.5, 0.6) is 0 Å². The van der Waals surface area contributed by atoms with Crippen LogP contribution in [-0.4, -0.2) is 18.8 Å². The molecule has 0 unspecified atom stereocenters. The topological polar surface area (TPSA) is 59.6 Å². The maximum Gasteiger partial charge on any atom is 0.411 e. The molecule has 0 heterocycles. The van der Waals surface area contributed by atoms with Crippen LogP contribution in [0.25, 0.3) is 0 Å². The third kappa shape index (κ3) is 8.00. The van der Waals surface area contributed by atoms with Gasteiger partial charge in [0.1, 0.15) is 6.61 Å². The lowest BCUT2D eigenvalue weighted by Gasteiger charge is -2.09. The van der Waals surface area contributed by atoms with Crippen LogP contribution in [0, 0.1) is 0 Å². The highest BCUT2D eigenvalue weighted by Gasteiger charge is 2.27. The van der Waals surface area contributed by atoms with Crippen LogP contribution in [0.3, 0.4) is 0 Å². The fourth-order valence-corrected chi connectivity index (χ4v) is 2.02. The predicted molar refractivity (Wildman–Crippen MR) is 88.8 cm³/mol. The summed E-state index contributed by atoms with van der Waals surface area (Å²) in [4.78, 5) is 16.7. The number of alkyl halides is 3. The number of nitrogens with one attached hydrogen (secondary N) is 2. The fraction of sp³-hybridized carbons (Fsp3) is 0.278. The summed E-state index contributed by atoms with van der Waals surface area (Å²) in [6.07, 6.45) is -4.33. The number of rotatable bonds is 8. The molecular formula is C18H19F3N2O3.